The van der Waals surface area contributed by atoms with E-state index in [0.717, 1.165) is 12.8 Å². The Labute approximate surface area is 165 Å². The Kier molecular flexibility index (Phi) is 5.00. The van der Waals surface area contributed by atoms with Gasteiger partial charge < -0.3 is 4.90 Å². The van der Waals surface area contributed by atoms with E-state index in [1.54, 1.807) is 23.1 Å². The topological polar surface area (TPSA) is 88.1 Å². The minimum Gasteiger partial charge on any atom is -0.331 e. The highest BCUT2D eigenvalue weighted by molar-refractivity contribution is 5.97. The van der Waals surface area contributed by atoms with Crippen LogP contribution >= 0.6 is 0 Å². The van der Waals surface area contributed by atoms with E-state index in [1.807, 2.05) is 6.92 Å². The molecule has 0 spiro atoms. The first-order valence-electron chi connectivity index (χ1n) is 9.67. The van der Waals surface area contributed by atoms with Gasteiger partial charge in [-0.3, -0.25) is 19.1 Å². The summed E-state index contributed by atoms with van der Waals surface area (Å²) in [6, 6.07) is 7.88. The van der Waals surface area contributed by atoms with Gasteiger partial charge in [0.05, 0.1) is 10.9 Å². The smallest absolute Gasteiger partial charge is 0.329 e. The molecule has 0 aliphatic heterocycles. The molecule has 8 heteroatoms. The van der Waals surface area contributed by atoms with Crippen LogP contribution in [0.25, 0.3) is 11.0 Å². The van der Waals surface area contributed by atoms with Crippen molar-refractivity contribution in [2.75, 3.05) is 0 Å². The standard InChI is InChI=1S/C21H21FN4O3/c1-2-9-25-18-16(19(27)24-21(25)29)10-14(11-23-18)20(28)26(15-7-8-15)12-13-5-3-4-6-17(13)22/h3-6,10-11,15H,2,7-9,12H2,1H3,(H,24,27,29). The summed E-state index contributed by atoms with van der Waals surface area (Å²) in [5.41, 5.74) is -0.157. The number of aryl methyl sites for hydroxylation is 1. The third kappa shape index (κ3) is 3.70. The summed E-state index contributed by atoms with van der Waals surface area (Å²) >= 11 is 0. The number of hydrogen-bond acceptors (Lipinski definition) is 4. The van der Waals surface area contributed by atoms with E-state index in [1.165, 1.54) is 22.9 Å². The van der Waals surface area contributed by atoms with Crippen molar-refractivity contribution >= 4 is 16.9 Å². The molecule has 2 aromatic heterocycles. The van der Waals surface area contributed by atoms with Gasteiger partial charge in [-0.2, -0.15) is 0 Å². The highest BCUT2D eigenvalue weighted by atomic mass is 19.1. The lowest BCUT2D eigenvalue weighted by Crippen LogP contribution is -2.34. The number of H-pyrrole nitrogens is 1. The van der Waals surface area contributed by atoms with Crippen molar-refractivity contribution in [3.63, 3.8) is 0 Å². The van der Waals surface area contributed by atoms with Gasteiger partial charge in [0, 0.05) is 30.9 Å². The molecule has 29 heavy (non-hydrogen) atoms. The molecule has 1 aliphatic rings. The second-order valence-electron chi connectivity index (χ2n) is 7.26. The number of fused-ring (bicyclic) bond motifs is 1. The number of aromatic nitrogens is 3. The Morgan fingerprint density at radius 1 is 1.31 bits per heavy atom. The van der Waals surface area contributed by atoms with Gasteiger partial charge in [-0.1, -0.05) is 25.1 Å². The lowest BCUT2D eigenvalue weighted by atomic mass is 10.1. The van der Waals surface area contributed by atoms with Crippen molar-refractivity contribution in [3.8, 4) is 0 Å². The van der Waals surface area contributed by atoms with E-state index < -0.39 is 11.2 Å². The fourth-order valence-corrected chi connectivity index (χ4v) is 3.44. The zero-order chi connectivity index (χ0) is 20.5. The average Bonchev–Trinajstić information content (AvgIpc) is 3.55. The minimum absolute atomic E-state index is 0.0464. The number of pyridine rings is 1. The first kappa shape index (κ1) is 19.0. The van der Waals surface area contributed by atoms with Gasteiger partial charge in [-0.25, -0.2) is 14.2 Å². The third-order valence-corrected chi connectivity index (χ3v) is 5.07. The maximum absolute atomic E-state index is 14.1. The second-order valence-corrected chi connectivity index (χ2v) is 7.26. The summed E-state index contributed by atoms with van der Waals surface area (Å²) in [4.78, 5) is 45.7. The molecule has 1 aliphatic carbocycles. The van der Waals surface area contributed by atoms with Gasteiger partial charge in [0.25, 0.3) is 11.5 Å². The van der Waals surface area contributed by atoms with Gasteiger partial charge in [0.15, 0.2) is 0 Å². The van der Waals surface area contributed by atoms with Crippen molar-refractivity contribution in [1.82, 2.24) is 19.4 Å². The summed E-state index contributed by atoms with van der Waals surface area (Å²) in [5.74, 6) is -0.666. The molecule has 0 radical (unpaired) electrons. The van der Waals surface area contributed by atoms with Crippen molar-refractivity contribution in [1.29, 1.82) is 0 Å². The number of benzene rings is 1. The van der Waals surface area contributed by atoms with Crippen molar-refractivity contribution in [2.45, 2.75) is 45.3 Å². The summed E-state index contributed by atoms with van der Waals surface area (Å²) in [5, 5.41) is 0.186. The van der Waals surface area contributed by atoms with Gasteiger partial charge in [-0.05, 0) is 31.4 Å². The number of nitrogens with one attached hydrogen (secondary N) is 1. The Morgan fingerprint density at radius 2 is 2.07 bits per heavy atom. The molecular weight excluding hydrogens is 375 g/mol. The van der Waals surface area contributed by atoms with Crippen molar-refractivity contribution < 1.29 is 9.18 Å². The second kappa shape index (κ2) is 7.62. The first-order valence-corrected chi connectivity index (χ1v) is 9.67. The monoisotopic (exact) mass is 396 g/mol. The molecule has 0 bridgehead atoms. The van der Waals surface area contributed by atoms with Crippen molar-refractivity contribution in [2.24, 2.45) is 0 Å². The van der Waals surface area contributed by atoms with Crippen LogP contribution in [0.1, 0.15) is 42.1 Å². The van der Waals surface area contributed by atoms with Crippen LogP contribution in [0.3, 0.4) is 0 Å². The number of carbonyl (C=O) groups excluding carboxylic acids is 1. The Morgan fingerprint density at radius 3 is 2.76 bits per heavy atom. The SMILES string of the molecule is CCCn1c(=O)[nH]c(=O)c2cc(C(=O)N(Cc3ccccc3F)C3CC3)cnc21. The van der Waals surface area contributed by atoms with E-state index in [0.29, 0.717) is 18.5 Å². The van der Waals surface area contributed by atoms with E-state index in [9.17, 15) is 18.8 Å². The first-order chi connectivity index (χ1) is 14.0. The molecule has 3 aromatic rings. The summed E-state index contributed by atoms with van der Waals surface area (Å²) in [7, 11) is 0. The van der Waals surface area contributed by atoms with E-state index in [2.05, 4.69) is 9.97 Å². The average molecular weight is 396 g/mol. The maximum Gasteiger partial charge on any atom is 0.329 e. The number of rotatable bonds is 6. The molecule has 1 saturated carbocycles. The fourth-order valence-electron chi connectivity index (χ4n) is 3.44. The Balaban J connectivity index is 1.73. The van der Waals surface area contributed by atoms with Crippen LogP contribution in [-0.4, -0.2) is 31.4 Å². The molecule has 1 amide bonds. The molecule has 4 rings (SSSR count). The maximum atomic E-state index is 14.1. The number of aromatic amines is 1. The quantitative estimate of drug-likeness (QED) is 0.693. The van der Waals surface area contributed by atoms with Crippen LogP contribution in [0.4, 0.5) is 4.39 Å². The number of hydrogen-bond donors (Lipinski definition) is 1. The molecule has 2 heterocycles. The number of carbonyl (C=O) groups is 1. The van der Waals surface area contributed by atoms with E-state index in [4.69, 9.17) is 0 Å². The Bertz CT molecular complexity index is 1200. The zero-order valence-electron chi connectivity index (χ0n) is 16.0. The number of halogens is 1. The molecule has 1 fully saturated rings. The molecule has 0 atom stereocenters. The minimum atomic E-state index is -0.577. The molecule has 1 N–H and O–H groups in total. The fraction of sp³-hybridized carbons (Fsp3) is 0.333. The van der Waals surface area contributed by atoms with Crippen LogP contribution in [0, 0.1) is 5.82 Å². The molecule has 150 valence electrons. The molecular formula is C21H21FN4O3. The van der Waals surface area contributed by atoms with Crippen LogP contribution < -0.4 is 11.2 Å². The highest BCUT2D eigenvalue weighted by Crippen LogP contribution is 2.30. The molecule has 7 nitrogen and oxygen atoms in total. The summed E-state index contributed by atoms with van der Waals surface area (Å²) < 4.78 is 15.5. The molecule has 0 saturated heterocycles. The third-order valence-electron chi connectivity index (χ3n) is 5.07. The molecule has 1 aromatic carbocycles. The van der Waals surface area contributed by atoms with E-state index in [-0.39, 0.29) is 40.9 Å². The summed E-state index contributed by atoms with van der Waals surface area (Å²) in [6.45, 7) is 2.48. The number of amides is 1. The van der Waals surface area contributed by atoms with E-state index >= 15 is 0 Å². The van der Waals surface area contributed by atoms with Crippen molar-refractivity contribution in [3.05, 3.63) is 74.3 Å². The summed E-state index contributed by atoms with van der Waals surface area (Å²) in [6.07, 6.45) is 3.80. The zero-order valence-corrected chi connectivity index (χ0v) is 16.0. The van der Waals surface area contributed by atoms with Crippen LogP contribution in [0.2, 0.25) is 0 Å². The lowest BCUT2D eigenvalue weighted by Gasteiger charge is -2.23. The highest BCUT2D eigenvalue weighted by Gasteiger charge is 2.34. The van der Waals surface area contributed by atoms with Gasteiger partial charge >= 0.3 is 5.69 Å². The van der Waals surface area contributed by atoms with Gasteiger partial charge in [-0.15, -0.1) is 0 Å². The van der Waals surface area contributed by atoms with Crippen LogP contribution in [-0.2, 0) is 13.1 Å². The molecule has 0 unspecified atom stereocenters. The largest absolute Gasteiger partial charge is 0.331 e. The normalized spacial score (nSPS) is 13.6. The predicted molar refractivity (Wildman–Crippen MR) is 106 cm³/mol. The predicted octanol–water partition coefficient (Wildman–Crippen LogP) is 2.44. The van der Waals surface area contributed by atoms with Gasteiger partial charge in [0.2, 0.25) is 0 Å². The Hall–Kier alpha value is -3.29. The number of nitrogens with zero attached hydrogens (tertiary/aromatic N) is 3. The lowest BCUT2D eigenvalue weighted by molar-refractivity contribution is 0.0728. The van der Waals surface area contributed by atoms with Crippen LogP contribution in [0.15, 0.2) is 46.1 Å². The van der Waals surface area contributed by atoms with Gasteiger partial charge in [0.1, 0.15) is 11.5 Å². The van der Waals surface area contributed by atoms with Crippen LogP contribution in [0.5, 0.6) is 0 Å².